The molecular weight excluding hydrogens is 559 g/mol. The minimum absolute atomic E-state index is 0.200. The second-order valence-corrected chi connectivity index (χ2v) is 11.9. The molecule has 1 atom stereocenters. The quantitative estimate of drug-likeness (QED) is 0.289. The molecule has 1 saturated heterocycles. The van der Waals surface area contributed by atoms with E-state index >= 15 is 0 Å². The van der Waals surface area contributed by atoms with Gasteiger partial charge in [0, 0.05) is 37.4 Å². The fourth-order valence-corrected chi connectivity index (χ4v) is 5.56. The summed E-state index contributed by atoms with van der Waals surface area (Å²) in [6.45, 7) is 12.5. The highest BCUT2D eigenvalue weighted by Crippen LogP contribution is 2.35. The molecule has 1 aromatic carbocycles. The van der Waals surface area contributed by atoms with Crippen molar-refractivity contribution in [1.82, 2.24) is 24.4 Å². The van der Waals surface area contributed by atoms with Crippen LogP contribution in [0.4, 0.5) is 15.0 Å². The Bertz CT molecular complexity index is 1730. The fraction of sp³-hybridized carbons (Fsp3) is 0.387. The number of carbonyl (C=O) groups excluding carboxylic acids is 1. The van der Waals surface area contributed by atoms with Crippen molar-refractivity contribution in [1.29, 1.82) is 0 Å². The Hall–Kier alpha value is -4.05. The van der Waals surface area contributed by atoms with Crippen LogP contribution in [0.15, 0.2) is 47.4 Å². The summed E-state index contributed by atoms with van der Waals surface area (Å²) in [6, 6.07) is 9.56. The number of aromatic nitrogens is 4. The highest BCUT2D eigenvalue weighted by atomic mass is 35.5. The first-order chi connectivity index (χ1) is 19.9. The lowest BCUT2D eigenvalue weighted by atomic mass is 10.1. The first kappa shape index (κ1) is 29.4. The van der Waals surface area contributed by atoms with E-state index in [1.54, 1.807) is 35.4 Å². The van der Waals surface area contributed by atoms with Gasteiger partial charge < -0.3 is 14.5 Å². The van der Waals surface area contributed by atoms with Crippen LogP contribution in [0.25, 0.3) is 28.0 Å². The van der Waals surface area contributed by atoms with Crippen LogP contribution in [0.3, 0.4) is 0 Å². The van der Waals surface area contributed by atoms with E-state index in [9.17, 15) is 14.0 Å². The second kappa shape index (κ2) is 11.3. The summed E-state index contributed by atoms with van der Waals surface area (Å²) in [6.07, 6.45) is 1.89. The number of amides is 1. The van der Waals surface area contributed by atoms with Crippen molar-refractivity contribution in [3.63, 3.8) is 0 Å². The van der Waals surface area contributed by atoms with Crippen molar-refractivity contribution >= 4 is 34.5 Å². The van der Waals surface area contributed by atoms with Crippen LogP contribution in [-0.4, -0.2) is 61.8 Å². The van der Waals surface area contributed by atoms with E-state index in [4.69, 9.17) is 21.3 Å². The molecule has 0 radical (unpaired) electrons. The van der Waals surface area contributed by atoms with Crippen molar-refractivity contribution in [3.05, 3.63) is 75.2 Å². The average Bonchev–Trinajstić information content (AvgIpc) is 2.92. The van der Waals surface area contributed by atoms with Crippen LogP contribution in [-0.2, 0) is 11.2 Å². The minimum Gasteiger partial charge on any atom is -0.444 e. The molecule has 0 spiro atoms. The number of aryl methyl sites for hydroxylation is 2. The number of anilines is 1. The van der Waals surface area contributed by atoms with Gasteiger partial charge in [-0.25, -0.2) is 23.5 Å². The number of ether oxygens (including phenoxy) is 1. The van der Waals surface area contributed by atoms with E-state index < -0.39 is 17.1 Å². The first-order valence-corrected chi connectivity index (χ1v) is 14.3. The first-order valence-electron chi connectivity index (χ1n) is 14.0. The summed E-state index contributed by atoms with van der Waals surface area (Å²) in [5.41, 5.74) is 1.69. The van der Waals surface area contributed by atoms with Gasteiger partial charge in [0.2, 0.25) is 0 Å². The van der Waals surface area contributed by atoms with Crippen molar-refractivity contribution in [2.75, 3.05) is 24.5 Å². The molecular formula is C31H34ClFN6O3. The van der Waals surface area contributed by atoms with Crippen LogP contribution in [0, 0.1) is 12.7 Å². The van der Waals surface area contributed by atoms with Gasteiger partial charge in [-0.1, -0.05) is 30.7 Å². The van der Waals surface area contributed by atoms with Crippen molar-refractivity contribution in [2.45, 2.75) is 59.6 Å². The predicted octanol–water partition coefficient (Wildman–Crippen LogP) is 5.95. The standard InChI is InChI=1S/C31H34ClFN6O3/c1-7-24-26(18(2)12-13-34-24)39-28-21(16-22(32)25(35-28)20-10-8-9-11-23(20)33)27(36-29(39)40)38-15-14-37(17-19(38)3)30(41)42-31(4,5)6/h8-13,16,19H,7,14-15,17H2,1-6H3. The number of carbonyl (C=O) groups is 1. The van der Waals surface area contributed by atoms with Gasteiger partial charge in [-0.05, 0) is 70.9 Å². The van der Waals surface area contributed by atoms with Crippen molar-refractivity contribution in [2.24, 2.45) is 0 Å². The molecule has 1 amide bonds. The second-order valence-electron chi connectivity index (χ2n) is 11.5. The number of piperazine rings is 1. The molecule has 9 nitrogen and oxygen atoms in total. The van der Waals surface area contributed by atoms with Crippen LogP contribution >= 0.6 is 11.6 Å². The molecule has 0 saturated carbocycles. The molecule has 220 valence electrons. The normalized spacial score (nSPS) is 15.8. The number of fused-ring (bicyclic) bond motifs is 1. The van der Waals surface area contributed by atoms with Crippen LogP contribution < -0.4 is 10.6 Å². The number of pyridine rings is 2. The molecule has 1 unspecified atom stereocenters. The Morgan fingerprint density at radius 1 is 1.17 bits per heavy atom. The summed E-state index contributed by atoms with van der Waals surface area (Å²) < 4.78 is 21.9. The molecule has 1 aliphatic rings. The summed E-state index contributed by atoms with van der Waals surface area (Å²) >= 11 is 6.77. The molecule has 11 heteroatoms. The average molecular weight is 593 g/mol. The Balaban J connectivity index is 1.70. The molecule has 3 aromatic heterocycles. The monoisotopic (exact) mass is 592 g/mol. The smallest absolute Gasteiger partial charge is 0.410 e. The molecule has 1 fully saturated rings. The number of nitrogens with zero attached hydrogens (tertiary/aromatic N) is 6. The van der Waals surface area contributed by atoms with E-state index in [1.165, 1.54) is 10.6 Å². The van der Waals surface area contributed by atoms with Crippen LogP contribution in [0.5, 0.6) is 0 Å². The summed E-state index contributed by atoms with van der Waals surface area (Å²) in [4.78, 5) is 44.2. The topological polar surface area (TPSA) is 93.5 Å². The Morgan fingerprint density at radius 3 is 2.57 bits per heavy atom. The molecule has 42 heavy (non-hydrogen) atoms. The molecule has 0 aliphatic carbocycles. The van der Waals surface area contributed by atoms with Crippen LogP contribution in [0.2, 0.25) is 5.02 Å². The number of rotatable bonds is 4. The highest BCUT2D eigenvalue weighted by Gasteiger charge is 2.32. The third kappa shape index (κ3) is 5.55. The zero-order valence-corrected chi connectivity index (χ0v) is 25.4. The third-order valence-corrected chi connectivity index (χ3v) is 7.53. The number of hydrogen-bond donors (Lipinski definition) is 0. The SMILES string of the molecule is CCc1nccc(C)c1-n1c(=O)nc(N2CCN(C(=O)OC(C)(C)C)CC2C)c2cc(Cl)c(-c3ccccc3F)nc21. The molecule has 5 rings (SSSR count). The van der Waals surface area contributed by atoms with Gasteiger partial charge in [0.05, 0.1) is 27.5 Å². The number of benzene rings is 1. The van der Waals surface area contributed by atoms with E-state index in [2.05, 4.69) is 9.97 Å². The van der Waals surface area contributed by atoms with Gasteiger partial charge >= 0.3 is 11.8 Å². The maximum absolute atomic E-state index is 14.9. The van der Waals surface area contributed by atoms with Gasteiger partial charge in [0.25, 0.3) is 0 Å². The largest absolute Gasteiger partial charge is 0.444 e. The van der Waals surface area contributed by atoms with E-state index in [0.29, 0.717) is 54.3 Å². The number of hydrogen-bond acceptors (Lipinski definition) is 7. The number of halogens is 2. The van der Waals surface area contributed by atoms with Gasteiger partial charge in [0.1, 0.15) is 17.2 Å². The van der Waals surface area contributed by atoms with Gasteiger partial charge in [-0.15, -0.1) is 0 Å². The highest BCUT2D eigenvalue weighted by molar-refractivity contribution is 6.33. The maximum Gasteiger partial charge on any atom is 0.410 e. The fourth-order valence-electron chi connectivity index (χ4n) is 5.30. The summed E-state index contributed by atoms with van der Waals surface area (Å²) in [7, 11) is 0. The van der Waals surface area contributed by atoms with Gasteiger partial charge in [-0.2, -0.15) is 4.98 Å². The van der Waals surface area contributed by atoms with Gasteiger partial charge in [-0.3, -0.25) is 4.98 Å². The molecule has 4 aromatic rings. The maximum atomic E-state index is 14.9. The zero-order chi connectivity index (χ0) is 30.3. The van der Waals surface area contributed by atoms with E-state index in [1.807, 2.05) is 52.5 Å². The summed E-state index contributed by atoms with van der Waals surface area (Å²) in [5, 5.41) is 0.752. The lowest BCUT2D eigenvalue weighted by molar-refractivity contribution is 0.0218. The minimum atomic E-state index is -0.611. The lowest BCUT2D eigenvalue weighted by Crippen LogP contribution is -2.55. The molecule has 1 aliphatic heterocycles. The van der Waals surface area contributed by atoms with Crippen molar-refractivity contribution in [3.8, 4) is 16.9 Å². The molecule has 0 bridgehead atoms. The van der Waals surface area contributed by atoms with Crippen LogP contribution in [0.1, 0.15) is 45.9 Å². The Labute approximate surface area is 248 Å². The summed E-state index contributed by atoms with van der Waals surface area (Å²) in [5.74, 6) is -0.0789. The Morgan fingerprint density at radius 2 is 1.90 bits per heavy atom. The molecule has 4 heterocycles. The van der Waals surface area contributed by atoms with Gasteiger partial charge in [0.15, 0.2) is 5.65 Å². The zero-order valence-electron chi connectivity index (χ0n) is 24.6. The van der Waals surface area contributed by atoms with E-state index in [0.717, 1.165) is 5.56 Å². The van der Waals surface area contributed by atoms with E-state index in [-0.39, 0.29) is 28.4 Å². The Kier molecular flexibility index (Phi) is 7.94. The lowest BCUT2D eigenvalue weighted by Gasteiger charge is -2.41. The third-order valence-electron chi connectivity index (χ3n) is 7.24. The van der Waals surface area contributed by atoms with Crippen molar-refractivity contribution < 1.29 is 13.9 Å². The molecule has 0 N–H and O–H groups in total. The predicted molar refractivity (Wildman–Crippen MR) is 162 cm³/mol.